The Morgan fingerprint density at radius 3 is 1.60 bits per heavy atom. The van der Waals surface area contributed by atoms with E-state index in [9.17, 15) is 38.7 Å². The van der Waals surface area contributed by atoms with Gasteiger partial charge in [0.25, 0.3) is 0 Å². The van der Waals surface area contributed by atoms with Gasteiger partial charge in [-0.1, -0.05) is 0 Å². The van der Waals surface area contributed by atoms with Crippen molar-refractivity contribution in [3.8, 4) is 0 Å². The number of amides is 6. The molecular weight excluding hydrogens is 468 g/mol. The van der Waals surface area contributed by atoms with Gasteiger partial charge in [0.1, 0.15) is 18.1 Å². The van der Waals surface area contributed by atoms with Crippen LogP contribution in [0.3, 0.4) is 0 Å². The van der Waals surface area contributed by atoms with Gasteiger partial charge in [-0.15, -0.1) is 0 Å². The number of rotatable bonds is 18. The third-order valence-electron chi connectivity index (χ3n) is 4.67. The highest BCUT2D eigenvalue weighted by atomic mass is 16.4. The Morgan fingerprint density at radius 2 is 1.14 bits per heavy atom. The van der Waals surface area contributed by atoms with Crippen LogP contribution in [0.2, 0.25) is 0 Å². The molecular formula is C19H34N8O8. The largest absolute Gasteiger partial charge is 0.480 e. The molecule has 4 unspecified atom stereocenters. The van der Waals surface area contributed by atoms with Crippen molar-refractivity contribution in [3.05, 3.63) is 0 Å². The first kappa shape index (κ1) is 31.2. The summed E-state index contributed by atoms with van der Waals surface area (Å²) in [4.78, 5) is 82.5. The number of nitrogens with one attached hydrogen (secondary N) is 3. The SMILES string of the molecule is NCCCCC(NC(=O)C(N)CC(N)=O)C(=O)NC(CCC(N)=O)C(=O)NC(CC(N)=O)C(=O)O. The van der Waals surface area contributed by atoms with E-state index in [-0.39, 0.29) is 19.3 Å². The minimum atomic E-state index is -1.68. The Labute approximate surface area is 201 Å². The molecule has 0 saturated heterocycles. The molecule has 35 heavy (non-hydrogen) atoms. The summed E-state index contributed by atoms with van der Waals surface area (Å²) in [6.07, 6.45) is -0.846. The molecule has 0 fully saturated rings. The first-order chi connectivity index (χ1) is 16.3. The maximum absolute atomic E-state index is 12.9. The Kier molecular flexibility index (Phi) is 14.2. The predicted octanol–water partition coefficient (Wildman–Crippen LogP) is -5.00. The zero-order valence-electron chi connectivity index (χ0n) is 19.2. The van der Waals surface area contributed by atoms with Gasteiger partial charge in [0.05, 0.1) is 18.9 Å². The Hall–Kier alpha value is -3.79. The van der Waals surface area contributed by atoms with Gasteiger partial charge in [-0.25, -0.2) is 4.79 Å². The third-order valence-corrected chi connectivity index (χ3v) is 4.67. The van der Waals surface area contributed by atoms with Crippen molar-refractivity contribution in [2.24, 2.45) is 28.7 Å². The van der Waals surface area contributed by atoms with Gasteiger partial charge in [0, 0.05) is 6.42 Å². The molecule has 0 aliphatic carbocycles. The molecule has 16 nitrogen and oxygen atoms in total. The molecule has 14 N–H and O–H groups in total. The van der Waals surface area contributed by atoms with Crippen molar-refractivity contribution >= 4 is 41.4 Å². The lowest BCUT2D eigenvalue weighted by molar-refractivity contribution is -0.144. The highest BCUT2D eigenvalue weighted by Crippen LogP contribution is 2.06. The minimum absolute atomic E-state index is 0.0850. The van der Waals surface area contributed by atoms with Crippen LogP contribution in [0.1, 0.15) is 44.9 Å². The number of hydrogen-bond donors (Lipinski definition) is 9. The van der Waals surface area contributed by atoms with Gasteiger partial charge in [-0.3, -0.25) is 28.8 Å². The van der Waals surface area contributed by atoms with E-state index in [4.69, 9.17) is 28.7 Å². The molecule has 198 valence electrons. The van der Waals surface area contributed by atoms with Crippen molar-refractivity contribution in [2.75, 3.05) is 6.54 Å². The van der Waals surface area contributed by atoms with Crippen LogP contribution in [0.5, 0.6) is 0 Å². The maximum atomic E-state index is 12.9. The molecule has 0 heterocycles. The molecule has 6 amide bonds. The second-order valence-electron chi connectivity index (χ2n) is 7.76. The maximum Gasteiger partial charge on any atom is 0.326 e. The summed E-state index contributed by atoms with van der Waals surface area (Å²) < 4.78 is 0. The summed E-state index contributed by atoms with van der Waals surface area (Å²) in [6.45, 7) is 0.309. The monoisotopic (exact) mass is 502 g/mol. The number of primary amides is 3. The van der Waals surface area contributed by atoms with Crippen LogP contribution >= 0.6 is 0 Å². The lowest BCUT2D eigenvalue weighted by Gasteiger charge is -2.25. The Bertz CT molecular complexity index is 806. The molecule has 16 heteroatoms. The third kappa shape index (κ3) is 13.5. The van der Waals surface area contributed by atoms with E-state index < -0.39 is 78.4 Å². The molecule has 0 aromatic carbocycles. The zero-order chi connectivity index (χ0) is 27.1. The van der Waals surface area contributed by atoms with Gasteiger partial charge < -0.3 is 49.7 Å². The zero-order valence-corrected chi connectivity index (χ0v) is 19.2. The molecule has 0 aliphatic rings. The summed E-state index contributed by atoms with van der Waals surface area (Å²) in [7, 11) is 0. The molecule has 0 saturated carbocycles. The average Bonchev–Trinajstić information content (AvgIpc) is 2.74. The highest BCUT2D eigenvalue weighted by Gasteiger charge is 2.31. The number of nitrogens with two attached hydrogens (primary N) is 5. The summed E-state index contributed by atoms with van der Waals surface area (Å²) >= 11 is 0. The van der Waals surface area contributed by atoms with E-state index in [2.05, 4.69) is 16.0 Å². The smallest absolute Gasteiger partial charge is 0.326 e. The van der Waals surface area contributed by atoms with E-state index in [1.807, 2.05) is 0 Å². The summed E-state index contributed by atoms with van der Waals surface area (Å²) in [6, 6.07) is -5.66. The van der Waals surface area contributed by atoms with Gasteiger partial charge in [0.15, 0.2) is 0 Å². The summed E-state index contributed by atoms with van der Waals surface area (Å²) in [5, 5.41) is 16.0. The molecule has 0 aliphatic heterocycles. The summed E-state index contributed by atoms with van der Waals surface area (Å²) in [5.74, 6) is -6.89. The van der Waals surface area contributed by atoms with Crippen LogP contribution < -0.4 is 44.6 Å². The molecule has 0 spiro atoms. The molecule has 0 rings (SSSR count). The van der Waals surface area contributed by atoms with Crippen LogP contribution in [0.15, 0.2) is 0 Å². The van der Waals surface area contributed by atoms with Gasteiger partial charge in [0.2, 0.25) is 35.4 Å². The Balaban J connectivity index is 5.61. The number of carbonyl (C=O) groups excluding carboxylic acids is 6. The highest BCUT2D eigenvalue weighted by molar-refractivity contribution is 5.95. The van der Waals surface area contributed by atoms with E-state index in [1.165, 1.54) is 0 Å². The number of unbranched alkanes of at least 4 members (excludes halogenated alkanes) is 1. The normalized spacial score (nSPS) is 14.0. The average molecular weight is 503 g/mol. The van der Waals surface area contributed by atoms with E-state index in [0.717, 1.165) is 0 Å². The Morgan fingerprint density at radius 1 is 0.657 bits per heavy atom. The topological polar surface area (TPSA) is 306 Å². The number of carboxylic acid groups (broad SMARTS) is 1. The van der Waals surface area contributed by atoms with Crippen molar-refractivity contribution in [1.82, 2.24) is 16.0 Å². The summed E-state index contributed by atoms with van der Waals surface area (Å²) in [5.41, 5.74) is 26.2. The molecule has 0 aromatic heterocycles. The van der Waals surface area contributed by atoms with Crippen molar-refractivity contribution in [3.63, 3.8) is 0 Å². The second-order valence-corrected chi connectivity index (χ2v) is 7.76. The molecule has 0 aromatic rings. The van der Waals surface area contributed by atoms with Crippen molar-refractivity contribution in [2.45, 2.75) is 69.1 Å². The van der Waals surface area contributed by atoms with Gasteiger partial charge in [-0.2, -0.15) is 0 Å². The quantitative estimate of drug-likeness (QED) is 0.0803. The predicted molar refractivity (Wildman–Crippen MR) is 120 cm³/mol. The van der Waals surface area contributed by atoms with E-state index >= 15 is 0 Å². The van der Waals surface area contributed by atoms with Crippen LogP contribution in [0.4, 0.5) is 0 Å². The van der Waals surface area contributed by atoms with Crippen LogP contribution in [-0.2, 0) is 33.6 Å². The van der Waals surface area contributed by atoms with Crippen LogP contribution in [0.25, 0.3) is 0 Å². The van der Waals surface area contributed by atoms with Gasteiger partial charge in [-0.05, 0) is 32.2 Å². The van der Waals surface area contributed by atoms with Gasteiger partial charge >= 0.3 is 5.97 Å². The fourth-order valence-electron chi connectivity index (χ4n) is 2.85. The molecule has 0 radical (unpaired) electrons. The number of aliphatic carboxylic acids is 1. The lowest BCUT2D eigenvalue weighted by atomic mass is 10.0. The fraction of sp³-hybridized carbons (Fsp3) is 0.632. The number of hydrogen-bond acceptors (Lipinski definition) is 9. The molecule has 0 bridgehead atoms. The number of carboxylic acids is 1. The van der Waals surface area contributed by atoms with Crippen LogP contribution in [0, 0.1) is 0 Å². The van der Waals surface area contributed by atoms with Crippen LogP contribution in [-0.4, -0.2) is 77.2 Å². The fourth-order valence-corrected chi connectivity index (χ4v) is 2.85. The van der Waals surface area contributed by atoms with E-state index in [0.29, 0.717) is 19.4 Å². The second kappa shape index (κ2) is 15.9. The van der Waals surface area contributed by atoms with Crippen molar-refractivity contribution < 1.29 is 38.7 Å². The first-order valence-corrected chi connectivity index (χ1v) is 10.7. The molecule has 4 atom stereocenters. The number of carbonyl (C=O) groups is 7. The first-order valence-electron chi connectivity index (χ1n) is 10.7. The van der Waals surface area contributed by atoms with Crippen molar-refractivity contribution in [1.29, 1.82) is 0 Å². The minimum Gasteiger partial charge on any atom is -0.480 e. The lowest BCUT2D eigenvalue weighted by Crippen LogP contribution is -2.57. The standard InChI is InChI=1S/C19H34N8O8/c20-6-2-1-3-10(25-16(31)9(21)7-14(23)29)17(32)26-11(4-5-13(22)28)18(33)27-12(19(34)35)8-15(24)30/h9-12H,1-8,20-21H2,(H2,22,28)(H2,23,29)(H2,24,30)(H,25,31)(H,26,32)(H,27,33)(H,34,35). The van der Waals surface area contributed by atoms with E-state index in [1.54, 1.807) is 0 Å².